The van der Waals surface area contributed by atoms with Crippen molar-refractivity contribution in [1.82, 2.24) is 4.98 Å². The van der Waals surface area contributed by atoms with Crippen molar-refractivity contribution in [3.05, 3.63) is 68.8 Å². The number of benzene rings is 2. The summed E-state index contributed by atoms with van der Waals surface area (Å²) in [4.78, 5) is 19.2. The maximum Gasteiger partial charge on any atom is 0.344 e. The summed E-state index contributed by atoms with van der Waals surface area (Å²) in [5.74, 6) is -1.06. The van der Waals surface area contributed by atoms with Crippen LogP contribution in [0.5, 0.6) is 0 Å². The molecule has 0 unspecified atom stereocenters. The molecule has 2 N–H and O–H groups in total. The van der Waals surface area contributed by atoms with E-state index in [1.807, 2.05) is 37.3 Å². The lowest BCUT2D eigenvalue weighted by molar-refractivity contribution is -0.142. The van der Waals surface area contributed by atoms with Gasteiger partial charge in [-0.3, -0.25) is 0 Å². The zero-order valence-corrected chi connectivity index (χ0v) is 17.3. The van der Waals surface area contributed by atoms with Crippen LogP contribution in [0.15, 0.2) is 52.1 Å². The third-order valence-electron chi connectivity index (χ3n) is 4.66. The van der Waals surface area contributed by atoms with E-state index in [0.717, 1.165) is 44.2 Å². The van der Waals surface area contributed by atoms with Crippen LogP contribution in [-0.4, -0.2) is 28.4 Å². The first-order valence-corrected chi connectivity index (χ1v) is 9.79. The monoisotopic (exact) mass is 458 g/mol. The second-order valence-electron chi connectivity index (χ2n) is 6.59. The number of H-pyrrole nitrogens is 1. The molecule has 1 aliphatic carbocycles. The van der Waals surface area contributed by atoms with Gasteiger partial charge in [-0.15, -0.1) is 0 Å². The third kappa shape index (κ3) is 3.57. The largest absolute Gasteiger partial charge is 0.479 e. The third-order valence-corrected chi connectivity index (χ3v) is 5.39. The number of hydrogen-bond acceptors (Lipinski definition) is 3. The summed E-state index contributed by atoms with van der Waals surface area (Å²) in [6, 6.07) is 13.9. The molecule has 2 aromatic carbocycles. The number of rotatable bonds is 5. The van der Waals surface area contributed by atoms with Gasteiger partial charge in [-0.25, -0.2) is 4.79 Å². The molecule has 3 aromatic rings. The van der Waals surface area contributed by atoms with Gasteiger partial charge in [0, 0.05) is 38.1 Å². The maximum absolute atomic E-state index is 10.7. The minimum absolute atomic E-state index is 0.474. The molecule has 1 aromatic heterocycles. The summed E-state index contributed by atoms with van der Waals surface area (Å²) in [6.07, 6.45) is 0.733. The van der Waals surface area contributed by atoms with Crippen LogP contribution in [0, 0.1) is 0 Å². The first kappa shape index (κ1) is 18.8. The number of hydrogen-bond donors (Lipinski definition) is 2. The Labute approximate surface area is 174 Å². The fourth-order valence-electron chi connectivity index (χ4n) is 3.53. The van der Waals surface area contributed by atoms with Gasteiger partial charge in [0.1, 0.15) is 0 Å². The number of fused-ring (bicyclic) bond motifs is 2. The Kier molecular flexibility index (Phi) is 5.00. The fourth-order valence-corrected chi connectivity index (χ4v) is 4.12. The van der Waals surface area contributed by atoms with Crippen molar-refractivity contribution in [3.63, 3.8) is 0 Å². The molecule has 142 valence electrons. The molecule has 7 heteroatoms. The van der Waals surface area contributed by atoms with E-state index >= 15 is 0 Å². The van der Waals surface area contributed by atoms with E-state index in [0.29, 0.717) is 10.7 Å². The topological polar surface area (TPSA) is 74.7 Å². The molecule has 1 aliphatic rings. The highest BCUT2D eigenvalue weighted by atomic mass is 79.9. The van der Waals surface area contributed by atoms with Crippen molar-refractivity contribution in [2.24, 2.45) is 5.16 Å². The van der Waals surface area contributed by atoms with Crippen LogP contribution in [0.25, 0.3) is 22.0 Å². The van der Waals surface area contributed by atoms with Gasteiger partial charge in [0.15, 0.2) is 0 Å². The van der Waals surface area contributed by atoms with Crippen LogP contribution in [0.2, 0.25) is 5.02 Å². The zero-order chi connectivity index (χ0) is 19.8. The van der Waals surface area contributed by atoms with E-state index in [1.165, 1.54) is 5.56 Å². The van der Waals surface area contributed by atoms with Crippen LogP contribution >= 0.6 is 27.5 Å². The minimum atomic E-state index is -1.06. The second kappa shape index (κ2) is 7.45. The number of oxime groups is 1. The van der Waals surface area contributed by atoms with Crippen LogP contribution in [0.3, 0.4) is 0 Å². The van der Waals surface area contributed by atoms with Crippen LogP contribution in [0.1, 0.15) is 23.7 Å². The molecule has 0 spiro atoms. The number of halogens is 2. The lowest BCUT2D eigenvalue weighted by atomic mass is 10.0. The van der Waals surface area contributed by atoms with Gasteiger partial charge in [0.2, 0.25) is 6.61 Å². The highest BCUT2D eigenvalue weighted by Crippen LogP contribution is 2.41. The Hall–Kier alpha value is -2.57. The average Bonchev–Trinajstić information content (AvgIpc) is 3.21. The van der Waals surface area contributed by atoms with Crippen molar-refractivity contribution in [1.29, 1.82) is 0 Å². The summed E-state index contributed by atoms with van der Waals surface area (Å²) >= 11 is 9.66. The summed E-state index contributed by atoms with van der Waals surface area (Å²) in [7, 11) is 0. The number of carbonyl (C=O) groups is 1. The Bertz CT molecular complexity index is 1160. The predicted molar refractivity (Wildman–Crippen MR) is 115 cm³/mol. The number of nitrogens with one attached hydrogen (secondary N) is 1. The first-order valence-electron chi connectivity index (χ1n) is 8.61. The molecule has 4 rings (SSSR count). The van der Waals surface area contributed by atoms with Gasteiger partial charge in [0.25, 0.3) is 0 Å². The molecule has 0 atom stereocenters. The molecule has 0 amide bonds. The lowest BCUT2D eigenvalue weighted by Gasteiger charge is -2.08. The van der Waals surface area contributed by atoms with Crippen molar-refractivity contribution < 1.29 is 14.7 Å². The average molecular weight is 460 g/mol. The Morgan fingerprint density at radius 3 is 2.89 bits per heavy atom. The van der Waals surface area contributed by atoms with Gasteiger partial charge in [-0.2, -0.15) is 0 Å². The highest BCUT2D eigenvalue weighted by molar-refractivity contribution is 9.10. The van der Waals surface area contributed by atoms with E-state index in [9.17, 15) is 4.79 Å². The minimum Gasteiger partial charge on any atom is -0.479 e. The molecule has 5 nitrogen and oxygen atoms in total. The van der Waals surface area contributed by atoms with Gasteiger partial charge < -0.3 is 14.9 Å². The molecule has 0 radical (unpaired) electrons. The maximum atomic E-state index is 10.7. The van der Waals surface area contributed by atoms with Crippen LogP contribution < -0.4 is 0 Å². The normalized spacial score (nSPS) is 13.9. The van der Waals surface area contributed by atoms with Crippen molar-refractivity contribution in [2.45, 2.75) is 13.3 Å². The SMILES string of the molecule is C/C(=N\OCC(=O)O)C1=C(c2cc3cc(Cl)ccc3[nH]2)Cc2cc(Br)ccc21. The number of allylic oxidation sites excluding steroid dienone is 2. The molecule has 0 aliphatic heterocycles. The standard InChI is InChI=1S/C21H16BrClN2O3/c1-11(25-28-10-20(26)27)21-16-4-2-14(22)6-12(16)8-17(21)19-9-13-7-15(23)3-5-18(13)24-19/h2-7,9,24H,8,10H2,1H3,(H,26,27)/b25-11+. The van der Waals surface area contributed by atoms with Crippen molar-refractivity contribution in [2.75, 3.05) is 6.61 Å². The highest BCUT2D eigenvalue weighted by Gasteiger charge is 2.26. The van der Waals surface area contributed by atoms with Crippen molar-refractivity contribution >= 4 is 61.3 Å². The van der Waals surface area contributed by atoms with Gasteiger partial charge in [0.05, 0.1) is 5.71 Å². The quantitative estimate of drug-likeness (QED) is 0.389. The van der Waals surface area contributed by atoms with E-state index < -0.39 is 12.6 Å². The zero-order valence-electron chi connectivity index (χ0n) is 14.9. The number of carboxylic acid groups (broad SMARTS) is 1. The molecule has 1 heterocycles. The second-order valence-corrected chi connectivity index (χ2v) is 7.94. The van der Waals surface area contributed by atoms with Gasteiger partial charge >= 0.3 is 5.97 Å². The van der Waals surface area contributed by atoms with E-state index in [2.05, 4.69) is 38.2 Å². The molecule has 0 saturated heterocycles. The van der Waals surface area contributed by atoms with Crippen LogP contribution in [-0.2, 0) is 16.1 Å². The molecule has 28 heavy (non-hydrogen) atoms. The van der Waals surface area contributed by atoms with Gasteiger partial charge in [-0.1, -0.05) is 38.8 Å². The summed E-state index contributed by atoms with van der Waals surface area (Å²) in [5, 5.41) is 14.5. The number of aliphatic carboxylic acids is 1. The Morgan fingerprint density at radius 1 is 1.29 bits per heavy atom. The van der Waals surface area contributed by atoms with E-state index in [-0.39, 0.29) is 0 Å². The molecular weight excluding hydrogens is 444 g/mol. The number of aromatic amines is 1. The fraction of sp³-hybridized carbons (Fsp3) is 0.143. The molecule has 0 bridgehead atoms. The number of aromatic nitrogens is 1. The lowest BCUT2D eigenvalue weighted by Crippen LogP contribution is -2.06. The molecule has 0 fully saturated rings. The Morgan fingerprint density at radius 2 is 2.11 bits per heavy atom. The molecular formula is C21H16BrClN2O3. The summed E-state index contributed by atoms with van der Waals surface area (Å²) < 4.78 is 1.01. The number of nitrogens with zero attached hydrogens (tertiary/aromatic N) is 1. The molecule has 0 saturated carbocycles. The summed E-state index contributed by atoms with van der Waals surface area (Å²) in [6.45, 7) is 1.35. The van der Waals surface area contributed by atoms with Crippen LogP contribution in [0.4, 0.5) is 0 Å². The first-order chi connectivity index (χ1) is 13.4. The predicted octanol–water partition coefficient (Wildman–Crippen LogP) is 5.53. The number of carboxylic acids is 1. The van der Waals surface area contributed by atoms with E-state index in [1.54, 1.807) is 0 Å². The Balaban J connectivity index is 1.83. The summed E-state index contributed by atoms with van der Waals surface area (Å²) in [5.41, 5.74) is 6.88. The smallest absolute Gasteiger partial charge is 0.344 e. The van der Waals surface area contributed by atoms with E-state index in [4.69, 9.17) is 21.5 Å². The van der Waals surface area contributed by atoms with Gasteiger partial charge in [-0.05, 0) is 60.0 Å². The van der Waals surface area contributed by atoms with Crippen molar-refractivity contribution in [3.8, 4) is 0 Å².